The number of hydrogen-bond acceptors (Lipinski definition) is 4. The van der Waals surface area contributed by atoms with E-state index in [9.17, 15) is 14.4 Å². The molecule has 0 unspecified atom stereocenters. The summed E-state index contributed by atoms with van der Waals surface area (Å²) in [7, 11) is 0. The van der Waals surface area contributed by atoms with Gasteiger partial charge >= 0.3 is 0 Å². The van der Waals surface area contributed by atoms with Crippen LogP contribution in [0.1, 0.15) is 33.7 Å². The SMILES string of the molecule is NC(=O)c1ccc(NC(=O)c2cc(NC(=O)C3CC3)n(-c3ccccc3)n2)cc1. The van der Waals surface area contributed by atoms with Gasteiger partial charge in [-0.3, -0.25) is 14.4 Å². The lowest BCUT2D eigenvalue weighted by Crippen LogP contribution is -2.16. The topological polar surface area (TPSA) is 119 Å². The summed E-state index contributed by atoms with van der Waals surface area (Å²) in [5.41, 5.74) is 6.95. The van der Waals surface area contributed by atoms with Crippen LogP contribution in [0.15, 0.2) is 60.7 Å². The third kappa shape index (κ3) is 4.16. The standard InChI is InChI=1S/C21H19N5O3/c22-19(27)13-8-10-15(11-9-13)23-21(29)17-12-18(24-20(28)14-6-7-14)26(25-17)16-4-2-1-3-5-16/h1-5,8-12,14H,6-7H2,(H2,22,27)(H,23,29)(H,24,28). The molecule has 1 heterocycles. The van der Waals surface area contributed by atoms with Crippen molar-refractivity contribution < 1.29 is 14.4 Å². The number of nitrogens with one attached hydrogen (secondary N) is 2. The van der Waals surface area contributed by atoms with Crippen LogP contribution >= 0.6 is 0 Å². The first-order valence-corrected chi connectivity index (χ1v) is 9.19. The summed E-state index contributed by atoms with van der Waals surface area (Å²) < 4.78 is 1.53. The highest BCUT2D eigenvalue weighted by Gasteiger charge is 2.30. The maximum absolute atomic E-state index is 12.7. The number of nitrogens with zero attached hydrogens (tertiary/aromatic N) is 2. The molecule has 146 valence electrons. The Bertz CT molecular complexity index is 1070. The largest absolute Gasteiger partial charge is 0.366 e. The lowest BCUT2D eigenvalue weighted by molar-refractivity contribution is -0.117. The summed E-state index contributed by atoms with van der Waals surface area (Å²) >= 11 is 0. The Morgan fingerprint density at radius 1 is 0.966 bits per heavy atom. The van der Waals surface area contributed by atoms with E-state index in [1.54, 1.807) is 18.2 Å². The van der Waals surface area contributed by atoms with E-state index in [1.807, 2.05) is 30.3 Å². The molecule has 3 aromatic rings. The smallest absolute Gasteiger partial charge is 0.276 e. The molecule has 1 saturated carbocycles. The molecule has 1 fully saturated rings. The summed E-state index contributed by atoms with van der Waals surface area (Å²) in [6.07, 6.45) is 1.75. The van der Waals surface area contributed by atoms with Crippen LogP contribution in [0.4, 0.5) is 11.5 Å². The fraction of sp³-hybridized carbons (Fsp3) is 0.143. The molecular formula is C21H19N5O3. The number of nitrogens with two attached hydrogens (primary N) is 1. The highest BCUT2D eigenvalue weighted by Crippen LogP contribution is 2.30. The molecule has 1 aromatic heterocycles. The normalized spacial score (nSPS) is 13.0. The van der Waals surface area contributed by atoms with Gasteiger partial charge in [0.05, 0.1) is 5.69 Å². The van der Waals surface area contributed by atoms with Crippen molar-refractivity contribution >= 4 is 29.2 Å². The zero-order valence-electron chi connectivity index (χ0n) is 15.5. The van der Waals surface area contributed by atoms with Crippen molar-refractivity contribution in [3.63, 3.8) is 0 Å². The van der Waals surface area contributed by atoms with Crippen LogP contribution in [0.2, 0.25) is 0 Å². The van der Waals surface area contributed by atoms with Gasteiger partial charge in [-0.05, 0) is 49.2 Å². The molecule has 0 atom stereocenters. The van der Waals surface area contributed by atoms with Gasteiger partial charge in [0, 0.05) is 23.2 Å². The van der Waals surface area contributed by atoms with Gasteiger partial charge in [-0.1, -0.05) is 18.2 Å². The molecule has 2 aromatic carbocycles. The van der Waals surface area contributed by atoms with E-state index in [1.165, 1.54) is 16.8 Å². The van der Waals surface area contributed by atoms with Crippen LogP contribution in [0.25, 0.3) is 5.69 Å². The maximum atomic E-state index is 12.7. The van der Waals surface area contributed by atoms with Gasteiger partial charge in [0.25, 0.3) is 5.91 Å². The molecule has 8 heteroatoms. The summed E-state index contributed by atoms with van der Waals surface area (Å²) in [5.74, 6) is -0.595. The number of aromatic nitrogens is 2. The third-order valence-corrected chi connectivity index (χ3v) is 4.57. The van der Waals surface area contributed by atoms with Crippen LogP contribution in [0.3, 0.4) is 0 Å². The van der Waals surface area contributed by atoms with Gasteiger partial charge in [-0.25, -0.2) is 4.68 Å². The van der Waals surface area contributed by atoms with Gasteiger partial charge in [-0.2, -0.15) is 5.10 Å². The number of primary amides is 1. The molecule has 0 radical (unpaired) electrons. The first kappa shape index (κ1) is 18.4. The molecule has 0 aliphatic heterocycles. The van der Waals surface area contributed by atoms with Crippen molar-refractivity contribution in [2.45, 2.75) is 12.8 Å². The minimum Gasteiger partial charge on any atom is -0.366 e. The minimum absolute atomic E-state index is 0.0233. The van der Waals surface area contributed by atoms with Gasteiger partial charge in [0.15, 0.2) is 5.69 Å². The predicted octanol–water partition coefficient (Wildman–Crippen LogP) is 2.57. The van der Waals surface area contributed by atoms with E-state index in [2.05, 4.69) is 15.7 Å². The molecule has 1 aliphatic carbocycles. The van der Waals surface area contributed by atoms with Crippen molar-refractivity contribution in [1.29, 1.82) is 0 Å². The first-order chi connectivity index (χ1) is 14.0. The van der Waals surface area contributed by atoms with E-state index in [4.69, 9.17) is 5.73 Å². The number of rotatable bonds is 6. The Morgan fingerprint density at radius 2 is 1.66 bits per heavy atom. The molecule has 3 amide bonds. The van der Waals surface area contributed by atoms with Gasteiger partial charge < -0.3 is 16.4 Å². The Balaban J connectivity index is 1.59. The molecular weight excluding hydrogens is 370 g/mol. The Kier molecular flexibility index (Phi) is 4.82. The third-order valence-electron chi connectivity index (χ3n) is 4.57. The maximum Gasteiger partial charge on any atom is 0.276 e. The fourth-order valence-corrected chi connectivity index (χ4v) is 2.83. The highest BCUT2D eigenvalue weighted by molar-refractivity contribution is 6.04. The van der Waals surface area contributed by atoms with Crippen LogP contribution in [0.5, 0.6) is 0 Å². The average Bonchev–Trinajstić information content (AvgIpc) is 3.50. The Morgan fingerprint density at radius 3 is 2.28 bits per heavy atom. The van der Waals surface area contributed by atoms with E-state index >= 15 is 0 Å². The second-order valence-corrected chi connectivity index (χ2v) is 6.82. The van der Waals surface area contributed by atoms with E-state index in [-0.39, 0.29) is 17.5 Å². The quantitative estimate of drug-likeness (QED) is 0.600. The van der Waals surface area contributed by atoms with Gasteiger partial charge in [0.1, 0.15) is 5.82 Å². The number of para-hydroxylation sites is 1. The number of anilines is 2. The summed E-state index contributed by atoms with van der Waals surface area (Å²) in [6, 6.07) is 17.0. The average molecular weight is 389 g/mol. The van der Waals surface area contributed by atoms with Crippen LogP contribution in [-0.4, -0.2) is 27.5 Å². The fourth-order valence-electron chi connectivity index (χ4n) is 2.83. The molecule has 29 heavy (non-hydrogen) atoms. The summed E-state index contributed by atoms with van der Waals surface area (Å²) in [5, 5.41) is 9.96. The lowest BCUT2D eigenvalue weighted by Gasteiger charge is -2.08. The van der Waals surface area contributed by atoms with Crippen LogP contribution in [-0.2, 0) is 4.79 Å². The number of amides is 3. The number of carbonyl (C=O) groups is 3. The molecule has 4 N–H and O–H groups in total. The van der Waals surface area contributed by atoms with Crippen molar-refractivity contribution in [1.82, 2.24) is 9.78 Å². The Hall–Kier alpha value is -3.94. The van der Waals surface area contributed by atoms with Crippen molar-refractivity contribution in [3.05, 3.63) is 71.9 Å². The van der Waals surface area contributed by atoms with Crippen LogP contribution < -0.4 is 16.4 Å². The molecule has 1 aliphatic rings. The zero-order valence-corrected chi connectivity index (χ0v) is 15.5. The Labute approximate surface area is 166 Å². The molecule has 0 saturated heterocycles. The van der Waals surface area contributed by atoms with Gasteiger partial charge in [0.2, 0.25) is 11.8 Å². The summed E-state index contributed by atoms with van der Waals surface area (Å²) in [6.45, 7) is 0. The highest BCUT2D eigenvalue weighted by atomic mass is 16.2. The second-order valence-electron chi connectivity index (χ2n) is 6.82. The minimum atomic E-state index is -0.541. The summed E-state index contributed by atoms with van der Waals surface area (Å²) in [4.78, 5) is 36.1. The van der Waals surface area contributed by atoms with Crippen molar-refractivity contribution in [2.24, 2.45) is 11.7 Å². The first-order valence-electron chi connectivity index (χ1n) is 9.19. The van der Waals surface area contributed by atoms with Crippen LogP contribution in [0, 0.1) is 5.92 Å². The number of benzene rings is 2. The van der Waals surface area contributed by atoms with Crippen molar-refractivity contribution in [3.8, 4) is 5.69 Å². The van der Waals surface area contributed by atoms with E-state index in [0.717, 1.165) is 18.5 Å². The molecule has 0 spiro atoms. The molecule has 0 bridgehead atoms. The number of carbonyl (C=O) groups excluding carboxylic acids is 3. The molecule has 4 rings (SSSR count). The van der Waals surface area contributed by atoms with E-state index in [0.29, 0.717) is 17.1 Å². The van der Waals surface area contributed by atoms with Gasteiger partial charge in [-0.15, -0.1) is 0 Å². The van der Waals surface area contributed by atoms with Crippen molar-refractivity contribution in [2.75, 3.05) is 10.6 Å². The number of hydrogen-bond donors (Lipinski definition) is 3. The predicted molar refractivity (Wildman–Crippen MR) is 108 cm³/mol. The monoisotopic (exact) mass is 389 g/mol. The zero-order chi connectivity index (χ0) is 20.4. The molecule has 8 nitrogen and oxygen atoms in total. The second kappa shape index (κ2) is 7.59. The van der Waals surface area contributed by atoms with E-state index < -0.39 is 11.8 Å². The lowest BCUT2D eigenvalue weighted by atomic mass is 10.2.